The molecular formula is C17H12Cl2N2O3. The molecule has 2 aromatic rings. The van der Waals surface area contributed by atoms with E-state index in [1.807, 2.05) is 6.07 Å². The van der Waals surface area contributed by atoms with Crippen LogP contribution >= 0.6 is 23.2 Å². The SMILES string of the molecule is COc1ccc(/C=C(\C#N)C(=O)Nc2cccc(Cl)c2Cl)cc1O. The number of hydrogen-bond acceptors (Lipinski definition) is 4. The van der Waals surface area contributed by atoms with Crippen molar-refractivity contribution in [1.82, 2.24) is 0 Å². The Balaban J connectivity index is 2.27. The van der Waals surface area contributed by atoms with Gasteiger partial charge in [0.25, 0.3) is 5.91 Å². The van der Waals surface area contributed by atoms with Crippen LogP contribution in [0.2, 0.25) is 10.0 Å². The van der Waals surface area contributed by atoms with Gasteiger partial charge in [0.15, 0.2) is 11.5 Å². The predicted molar refractivity (Wildman–Crippen MR) is 93.3 cm³/mol. The van der Waals surface area contributed by atoms with E-state index in [9.17, 15) is 15.2 Å². The van der Waals surface area contributed by atoms with Crippen LogP contribution in [0.25, 0.3) is 6.08 Å². The Kier molecular flexibility index (Phi) is 5.69. The molecule has 0 aromatic heterocycles. The minimum absolute atomic E-state index is 0.0955. The van der Waals surface area contributed by atoms with Crippen molar-refractivity contribution in [1.29, 1.82) is 5.26 Å². The first-order chi connectivity index (χ1) is 11.5. The molecule has 122 valence electrons. The average Bonchev–Trinajstić information content (AvgIpc) is 2.57. The lowest BCUT2D eigenvalue weighted by molar-refractivity contribution is -0.112. The molecule has 0 saturated heterocycles. The third-order valence-electron chi connectivity index (χ3n) is 3.08. The van der Waals surface area contributed by atoms with Crippen molar-refractivity contribution < 1.29 is 14.6 Å². The maximum atomic E-state index is 12.2. The first-order valence-electron chi connectivity index (χ1n) is 6.70. The van der Waals surface area contributed by atoms with Crippen LogP contribution in [0.4, 0.5) is 5.69 Å². The summed E-state index contributed by atoms with van der Waals surface area (Å²) in [5.74, 6) is -0.445. The van der Waals surface area contributed by atoms with Crippen LogP contribution < -0.4 is 10.1 Å². The molecule has 7 heteroatoms. The zero-order chi connectivity index (χ0) is 17.7. The quantitative estimate of drug-likeness (QED) is 0.628. The Morgan fingerprint density at radius 1 is 1.33 bits per heavy atom. The van der Waals surface area contributed by atoms with Gasteiger partial charge in [-0.25, -0.2) is 0 Å². The van der Waals surface area contributed by atoms with E-state index in [2.05, 4.69) is 5.32 Å². The summed E-state index contributed by atoms with van der Waals surface area (Å²) in [6, 6.07) is 11.1. The van der Waals surface area contributed by atoms with Crippen molar-refractivity contribution in [3.63, 3.8) is 0 Å². The van der Waals surface area contributed by atoms with Crippen LogP contribution in [0.15, 0.2) is 42.0 Å². The number of phenolic OH excluding ortho intramolecular Hbond substituents is 1. The van der Waals surface area contributed by atoms with Crippen molar-refractivity contribution >= 4 is 40.9 Å². The Labute approximate surface area is 148 Å². The summed E-state index contributed by atoms with van der Waals surface area (Å²) in [4.78, 5) is 12.2. The number of carbonyl (C=O) groups excluding carboxylic acids is 1. The maximum absolute atomic E-state index is 12.2. The van der Waals surface area contributed by atoms with E-state index in [4.69, 9.17) is 27.9 Å². The Hall–Kier alpha value is -2.68. The van der Waals surface area contributed by atoms with Gasteiger partial charge in [0.05, 0.1) is 22.8 Å². The second-order valence-electron chi connectivity index (χ2n) is 4.66. The summed E-state index contributed by atoms with van der Waals surface area (Å²) in [5, 5.41) is 22.0. The van der Waals surface area contributed by atoms with E-state index in [0.717, 1.165) is 0 Å². The first kappa shape index (κ1) is 17.7. The molecule has 2 rings (SSSR count). The van der Waals surface area contributed by atoms with E-state index in [0.29, 0.717) is 17.0 Å². The summed E-state index contributed by atoms with van der Waals surface area (Å²) in [6.07, 6.45) is 1.34. The molecule has 0 unspecified atom stereocenters. The fourth-order valence-corrected chi connectivity index (χ4v) is 2.25. The van der Waals surface area contributed by atoms with Gasteiger partial charge in [0, 0.05) is 0 Å². The van der Waals surface area contributed by atoms with Gasteiger partial charge in [-0.1, -0.05) is 35.3 Å². The number of anilines is 1. The molecule has 0 aliphatic rings. The molecule has 0 fully saturated rings. The minimum Gasteiger partial charge on any atom is -0.504 e. The number of halogens is 2. The number of phenols is 1. The van der Waals surface area contributed by atoms with Crippen LogP contribution in [0.5, 0.6) is 11.5 Å². The second kappa shape index (κ2) is 7.73. The van der Waals surface area contributed by atoms with Crippen molar-refractivity contribution in [3.8, 4) is 17.6 Å². The highest BCUT2D eigenvalue weighted by atomic mass is 35.5. The van der Waals surface area contributed by atoms with Gasteiger partial charge in [-0.05, 0) is 35.9 Å². The number of benzene rings is 2. The number of nitrogens with zero attached hydrogens (tertiary/aromatic N) is 1. The second-order valence-corrected chi connectivity index (χ2v) is 5.44. The molecular weight excluding hydrogens is 351 g/mol. The molecule has 2 N–H and O–H groups in total. The number of carbonyl (C=O) groups is 1. The lowest BCUT2D eigenvalue weighted by atomic mass is 10.1. The number of rotatable bonds is 4. The van der Waals surface area contributed by atoms with Crippen LogP contribution in [-0.4, -0.2) is 18.1 Å². The van der Waals surface area contributed by atoms with Crippen LogP contribution in [0.3, 0.4) is 0 Å². The highest BCUT2D eigenvalue weighted by molar-refractivity contribution is 6.44. The van der Waals surface area contributed by atoms with E-state index < -0.39 is 5.91 Å². The van der Waals surface area contributed by atoms with Gasteiger partial charge in [-0.15, -0.1) is 0 Å². The van der Waals surface area contributed by atoms with E-state index in [1.165, 1.54) is 25.3 Å². The van der Waals surface area contributed by atoms with Gasteiger partial charge in [0.1, 0.15) is 11.6 Å². The number of hydrogen-bond donors (Lipinski definition) is 2. The summed E-state index contributed by atoms with van der Waals surface area (Å²) >= 11 is 11.9. The van der Waals surface area contributed by atoms with Gasteiger partial charge < -0.3 is 15.2 Å². The average molecular weight is 363 g/mol. The lowest BCUT2D eigenvalue weighted by Gasteiger charge is -2.08. The molecule has 0 aliphatic heterocycles. The molecule has 0 saturated carbocycles. The van der Waals surface area contributed by atoms with Gasteiger partial charge in [0.2, 0.25) is 0 Å². The van der Waals surface area contributed by atoms with Crippen LogP contribution in [0, 0.1) is 11.3 Å². The fraction of sp³-hybridized carbons (Fsp3) is 0.0588. The van der Waals surface area contributed by atoms with E-state index in [1.54, 1.807) is 24.3 Å². The molecule has 0 aliphatic carbocycles. The molecule has 0 radical (unpaired) electrons. The highest BCUT2D eigenvalue weighted by Gasteiger charge is 2.13. The Bertz CT molecular complexity index is 857. The van der Waals surface area contributed by atoms with Gasteiger partial charge >= 0.3 is 0 Å². The third kappa shape index (κ3) is 3.99. The summed E-state index contributed by atoms with van der Waals surface area (Å²) in [6.45, 7) is 0. The monoisotopic (exact) mass is 362 g/mol. The zero-order valence-electron chi connectivity index (χ0n) is 12.5. The topological polar surface area (TPSA) is 82.3 Å². The van der Waals surface area contributed by atoms with Crippen molar-refractivity contribution in [2.45, 2.75) is 0 Å². The molecule has 5 nitrogen and oxygen atoms in total. The third-order valence-corrected chi connectivity index (χ3v) is 3.90. The number of ether oxygens (including phenoxy) is 1. The molecule has 24 heavy (non-hydrogen) atoms. The Morgan fingerprint density at radius 3 is 2.71 bits per heavy atom. The number of amides is 1. The fourth-order valence-electron chi connectivity index (χ4n) is 1.90. The largest absolute Gasteiger partial charge is 0.504 e. The van der Waals surface area contributed by atoms with Crippen molar-refractivity contribution in [2.75, 3.05) is 12.4 Å². The van der Waals surface area contributed by atoms with Gasteiger partial charge in [-0.3, -0.25) is 4.79 Å². The maximum Gasteiger partial charge on any atom is 0.266 e. The molecule has 1 amide bonds. The molecule has 0 heterocycles. The number of aromatic hydroxyl groups is 1. The number of methoxy groups -OCH3 is 1. The van der Waals surface area contributed by atoms with Crippen LogP contribution in [-0.2, 0) is 4.79 Å². The summed E-state index contributed by atoms with van der Waals surface area (Å²) in [5.41, 5.74) is 0.612. The normalized spacial score (nSPS) is 10.8. The number of nitrogens with one attached hydrogen (secondary N) is 1. The first-order valence-corrected chi connectivity index (χ1v) is 7.46. The van der Waals surface area contributed by atoms with E-state index >= 15 is 0 Å². The highest BCUT2D eigenvalue weighted by Crippen LogP contribution is 2.30. The predicted octanol–water partition coefficient (Wildman–Crippen LogP) is 4.25. The summed E-state index contributed by atoms with van der Waals surface area (Å²) < 4.78 is 4.94. The van der Waals surface area contributed by atoms with Crippen molar-refractivity contribution in [2.24, 2.45) is 0 Å². The number of nitriles is 1. The lowest BCUT2D eigenvalue weighted by Crippen LogP contribution is -2.13. The van der Waals surface area contributed by atoms with E-state index in [-0.39, 0.29) is 21.4 Å². The van der Waals surface area contributed by atoms with Crippen molar-refractivity contribution in [3.05, 3.63) is 57.6 Å². The molecule has 0 atom stereocenters. The summed E-state index contributed by atoms with van der Waals surface area (Å²) in [7, 11) is 1.42. The molecule has 0 bridgehead atoms. The molecule has 2 aromatic carbocycles. The van der Waals surface area contributed by atoms with Crippen LogP contribution in [0.1, 0.15) is 5.56 Å². The minimum atomic E-state index is -0.642. The van der Waals surface area contributed by atoms with Gasteiger partial charge in [-0.2, -0.15) is 5.26 Å². The standard InChI is InChI=1S/C17H12Cl2N2O3/c1-24-15-6-5-10(8-14(15)22)7-11(9-20)17(23)21-13-4-2-3-12(18)16(13)19/h2-8,22H,1H3,(H,21,23)/b11-7+. The zero-order valence-corrected chi connectivity index (χ0v) is 14.0. The molecule has 0 spiro atoms. The smallest absolute Gasteiger partial charge is 0.266 e. The Morgan fingerprint density at radius 2 is 2.08 bits per heavy atom.